The number of hydrogen-bond donors (Lipinski definition) is 2. The van der Waals surface area contributed by atoms with Crippen molar-refractivity contribution in [2.24, 2.45) is 0 Å². The van der Waals surface area contributed by atoms with Crippen LogP contribution >= 0.6 is 0 Å². The molecule has 0 aromatic heterocycles. The van der Waals surface area contributed by atoms with Gasteiger partial charge in [0.25, 0.3) is 10.0 Å². The summed E-state index contributed by atoms with van der Waals surface area (Å²) in [6.45, 7) is 0. The van der Waals surface area contributed by atoms with Crippen LogP contribution in [-0.4, -0.2) is 25.4 Å². The second-order valence-electron chi connectivity index (χ2n) is 3.38. The van der Waals surface area contributed by atoms with Gasteiger partial charge in [-0.15, -0.1) is 0 Å². The van der Waals surface area contributed by atoms with Crippen LogP contribution in [0.5, 0.6) is 5.75 Å². The first-order valence-electron chi connectivity index (χ1n) is 4.44. The summed E-state index contributed by atoms with van der Waals surface area (Å²) in [5.41, 5.74) is 0.796. The van der Waals surface area contributed by atoms with E-state index in [1.807, 2.05) is 0 Å². The van der Waals surface area contributed by atoms with Gasteiger partial charge in [-0.1, -0.05) is 6.07 Å². The van der Waals surface area contributed by atoms with Crippen molar-refractivity contribution in [3.8, 4) is 5.75 Å². The number of benzene rings is 1. The molecule has 86 valence electrons. The van der Waals surface area contributed by atoms with Gasteiger partial charge in [0.2, 0.25) is 5.94 Å². The summed E-state index contributed by atoms with van der Waals surface area (Å²) < 4.78 is 29.7. The van der Waals surface area contributed by atoms with Gasteiger partial charge < -0.3 is 9.84 Å². The van der Waals surface area contributed by atoms with Crippen LogP contribution in [0.25, 0.3) is 0 Å². The van der Waals surface area contributed by atoms with Crippen LogP contribution in [0.15, 0.2) is 18.2 Å². The highest BCUT2D eigenvalue weighted by Crippen LogP contribution is 2.30. The van der Waals surface area contributed by atoms with Crippen LogP contribution in [-0.2, 0) is 21.2 Å². The Kier molecular flexibility index (Phi) is 2.47. The Hall–Kier alpha value is -1.76. The van der Waals surface area contributed by atoms with Gasteiger partial charge in [0.15, 0.2) is 0 Å². The van der Waals surface area contributed by atoms with Crippen molar-refractivity contribution in [1.82, 2.24) is 0 Å². The van der Waals surface area contributed by atoms with Gasteiger partial charge in [0.05, 0.1) is 12.1 Å². The number of sulfonamides is 1. The van der Waals surface area contributed by atoms with Gasteiger partial charge in [-0.3, -0.25) is 9.52 Å². The van der Waals surface area contributed by atoms with E-state index in [0.29, 0.717) is 11.3 Å². The molecule has 2 N–H and O–H groups in total. The molecule has 0 radical (unpaired) electrons. The zero-order valence-electron chi connectivity index (χ0n) is 8.13. The largest absolute Gasteiger partial charge is 0.481 e. The van der Waals surface area contributed by atoms with Crippen LogP contribution < -0.4 is 9.46 Å². The van der Waals surface area contributed by atoms with Crippen molar-refractivity contribution in [3.05, 3.63) is 23.8 Å². The summed E-state index contributed by atoms with van der Waals surface area (Å²) in [5, 5.41) is 8.60. The lowest BCUT2D eigenvalue weighted by Crippen LogP contribution is -2.25. The van der Waals surface area contributed by atoms with Gasteiger partial charge in [-0.05, 0) is 17.7 Å². The molecule has 6 nitrogen and oxygen atoms in total. The highest BCUT2D eigenvalue weighted by molar-refractivity contribution is 7.92. The van der Waals surface area contributed by atoms with Crippen LogP contribution in [0.4, 0.5) is 5.69 Å². The van der Waals surface area contributed by atoms with E-state index in [2.05, 4.69) is 4.72 Å². The first-order chi connectivity index (χ1) is 7.46. The standard InChI is InChI=1S/C9H9NO5S/c11-9(12)4-6-1-2-8-7(3-6)10-16(13,14)5-15-8/h1-3,10H,4-5H2,(H,11,12). The lowest BCUT2D eigenvalue weighted by molar-refractivity contribution is -0.136. The van der Waals surface area contributed by atoms with Gasteiger partial charge in [-0.2, -0.15) is 0 Å². The molecule has 0 atom stereocenters. The van der Waals surface area contributed by atoms with Crippen LogP contribution in [0.1, 0.15) is 5.56 Å². The molecule has 2 rings (SSSR count). The van der Waals surface area contributed by atoms with Crippen molar-refractivity contribution >= 4 is 21.7 Å². The second kappa shape index (κ2) is 3.67. The third-order valence-corrected chi connectivity index (χ3v) is 2.99. The van der Waals surface area contributed by atoms with Crippen molar-refractivity contribution in [2.45, 2.75) is 6.42 Å². The number of ether oxygens (including phenoxy) is 1. The molecule has 1 aromatic carbocycles. The summed E-state index contributed by atoms with van der Waals surface area (Å²) in [6.07, 6.45) is -0.158. The molecule has 0 spiro atoms. The number of carbonyl (C=O) groups is 1. The maximum absolute atomic E-state index is 11.2. The van der Waals surface area contributed by atoms with E-state index in [1.54, 1.807) is 12.1 Å². The van der Waals surface area contributed by atoms with E-state index < -0.39 is 21.9 Å². The number of carboxylic acid groups (broad SMARTS) is 1. The summed E-state index contributed by atoms with van der Waals surface area (Å²) in [6, 6.07) is 4.60. The SMILES string of the molecule is O=C(O)Cc1ccc2c(c1)NS(=O)(=O)CO2. The van der Waals surface area contributed by atoms with Crippen LogP contribution in [0.2, 0.25) is 0 Å². The third kappa shape index (κ3) is 2.25. The van der Waals surface area contributed by atoms with Crippen molar-refractivity contribution < 1.29 is 23.1 Å². The van der Waals surface area contributed by atoms with Gasteiger partial charge in [0.1, 0.15) is 5.75 Å². The molecule has 0 aliphatic carbocycles. The average molecular weight is 243 g/mol. The molecular formula is C9H9NO5S. The maximum Gasteiger partial charge on any atom is 0.307 e. The fourth-order valence-electron chi connectivity index (χ4n) is 1.41. The smallest absolute Gasteiger partial charge is 0.307 e. The van der Waals surface area contributed by atoms with E-state index in [-0.39, 0.29) is 12.1 Å². The molecule has 1 aliphatic heterocycles. The number of aliphatic carboxylic acids is 1. The fourth-order valence-corrected chi connectivity index (χ4v) is 2.24. The van der Waals surface area contributed by atoms with Crippen LogP contribution in [0.3, 0.4) is 0 Å². The maximum atomic E-state index is 11.2. The lowest BCUT2D eigenvalue weighted by Gasteiger charge is -2.19. The van der Waals surface area contributed by atoms with E-state index in [0.717, 1.165) is 0 Å². The van der Waals surface area contributed by atoms with Crippen molar-refractivity contribution in [1.29, 1.82) is 0 Å². The predicted octanol–water partition coefficient (Wildman–Crippen LogP) is 0.405. The van der Waals surface area contributed by atoms with E-state index in [1.165, 1.54) is 6.07 Å². The molecule has 0 amide bonds. The Labute approximate surface area is 91.9 Å². The number of rotatable bonds is 2. The minimum atomic E-state index is -3.46. The highest BCUT2D eigenvalue weighted by Gasteiger charge is 2.21. The quantitative estimate of drug-likeness (QED) is 0.784. The molecule has 0 saturated heterocycles. The zero-order valence-corrected chi connectivity index (χ0v) is 8.95. The van der Waals surface area contributed by atoms with Crippen molar-refractivity contribution in [3.63, 3.8) is 0 Å². The zero-order chi connectivity index (χ0) is 11.8. The Morgan fingerprint density at radius 3 is 2.94 bits per heavy atom. The molecule has 0 bridgehead atoms. The summed E-state index contributed by atoms with van der Waals surface area (Å²) >= 11 is 0. The second-order valence-corrected chi connectivity index (χ2v) is 5.05. The molecule has 16 heavy (non-hydrogen) atoms. The van der Waals surface area contributed by atoms with E-state index >= 15 is 0 Å². The van der Waals surface area contributed by atoms with Gasteiger partial charge >= 0.3 is 5.97 Å². The summed E-state index contributed by atoms with van der Waals surface area (Å²) in [5.74, 6) is -0.985. The average Bonchev–Trinajstić information content (AvgIpc) is 2.14. The minimum Gasteiger partial charge on any atom is -0.481 e. The molecular weight excluding hydrogens is 234 g/mol. The van der Waals surface area contributed by atoms with Crippen molar-refractivity contribution in [2.75, 3.05) is 10.7 Å². The van der Waals surface area contributed by atoms with Gasteiger partial charge in [0, 0.05) is 0 Å². The topological polar surface area (TPSA) is 92.7 Å². The monoisotopic (exact) mass is 243 g/mol. The predicted molar refractivity (Wildman–Crippen MR) is 55.8 cm³/mol. The third-order valence-electron chi connectivity index (χ3n) is 2.03. The number of hydrogen-bond acceptors (Lipinski definition) is 4. The molecule has 1 aromatic rings. The number of anilines is 1. The Bertz CT molecular complexity index is 537. The molecule has 1 aliphatic rings. The van der Waals surface area contributed by atoms with E-state index in [9.17, 15) is 13.2 Å². The summed E-state index contributed by atoms with van der Waals surface area (Å²) in [7, 11) is -3.46. The molecule has 0 unspecified atom stereocenters. The highest BCUT2D eigenvalue weighted by atomic mass is 32.2. The van der Waals surface area contributed by atoms with E-state index in [4.69, 9.17) is 9.84 Å². The molecule has 1 heterocycles. The number of fused-ring (bicyclic) bond motifs is 1. The fraction of sp³-hybridized carbons (Fsp3) is 0.222. The Balaban J connectivity index is 2.34. The molecule has 0 fully saturated rings. The lowest BCUT2D eigenvalue weighted by atomic mass is 10.1. The number of nitrogens with one attached hydrogen (secondary N) is 1. The summed E-state index contributed by atoms with van der Waals surface area (Å²) in [4.78, 5) is 10.5. The number of carboxylic acids is 1. The first kappa shape index (κ1) is 10.7. The Morgan fingerprint density at radius 1 is 1.50 bits per heavy atom. The first-order valence-corrected chi connectivity index (χ1v) is 6.09. The Morgan fingerprint density at radius 2 is 2.25 bits per heavy atom. The normalized spacial score (nSPS) is 16.8. The van der Waals surface area contributed by atoms with Crippen LogP contribution in [0, 0.1) is 0 Å². The minimum absolute atomic E-state index is 0.158. The molecule has 0 saturated carbocycles. The molecule has 7 heteroatoms. The van der Waals surface area contributed by atoms with Gasteiger partial charge in [-0.25, -0.2) is 8.42 Å².